The number of sulfonamides is 1. The van der Waals surface area contributed by atoms with E-state index in [1.165, 1.54) is 21.5 Å². The second-order valence-corrected chi connectivity index (χ2v) is 8.24. The highest BCUT2D eigenvalue weighted by Crippen LogP contribution is 2.19. The topological polar surface area (TPSA) is 73.5 Å². The average molecular weight is 349 g/mol. The van der Waals surface area contributed by atoms with Gasteiger partial charge in [0.1, 0.15) is 0 Å². The Morgan fingerprint density at radius 1 is 1.17 bits per heavy atom. The molecule has 1 aromatic heterocycles. The highest BCUT2D eigenvalue weighted by molar-refractivity contribution is 7.88. The largest absolute Gasteiger partial charge is 0.361 e. The number of hydrogen-bond donors (Lipinski definition) is 1. The van der Waals surface area contributed by atoms with Crippen molar-refractivity contribution in [1.29, 1.82) is 0 Å². The SMILES string of the molecule is CS(=O)(=O)N1CCN(C(=O)CCCc2c[nH]c3ccccc23)CC1. The van der Waals surface area contributed by atoms with Crippen molar-refractivity contribution < 1.29 is 13.2 Å². The minimum Gasteiger partial charge on any atom is -0.361 e. The molecule has 0 spiro atoms. The van der Waals surface area contributed by atoms with E-state index < -0.39 is 10.0 Å². The summed E-state index contributed by atoms with van der Waals surface area (Å²) in [6, 6.07) is 8.16. The number of rotatable bonds is 5. The van der Waals surface area contributed by atoms with E-state index in [0.29, 0.717) is 32.6 Å². The van der Waals surface area contributed by atoms with Gasteiger partial charge in [-0.25, -0.2) is 8.42 Å². The van der Waals surface area contributed by atoms with Crippen molar-refractivity contribution >= 4 is 26.8 Å². The van der Waals surface area contributed by atoms with Crippen LogP contribution in [-0.4, -0.2) is 60.9 Å². The van der Waals surface area contributed by atoms with E-state index in [2.05, 4.69) is 11.1 Å². The summed E-state index contributed by atoms with van der Waals surface area (Å²) < 4.78 is 24.4. The van der Waals surface area contributed by atoms with E-state index in [1.54, 1.807) is 4.90 Å². The highest BCUT2D eigenvalue weighted by atomic mass is 32.2. The molecule has 0 bridgehead atoms. The Balaban J connectivity index is 1.48. The lowest BCUT2D eigenvalue weighted by atomic mass is 10.1. The van der Waals surface area contributed by atoms with Crippen LogP contribution >= 0.6 is 0 Å². The van der Waals surface area contributed by atoms with Gasteiger partial charge in [0.15, 0.2) is 0 Å². The predicted molar refractivity (Wildman–Crippen MR) is 94.2 cm³/mol. The van der Waals surface area contributed by atoms with Gasteiger partial charge in [0, 0.05) is 49.7 Å². The number of H-pyrrole nitrogens is 1. The maximum atomic E-state index is 12.3. The molecule has 2 heterocycles. The van der Waals surface area contributed by atoms with Gasteiger partial charge in [-0.15, -0.1) is 0 Å². The van der Waals surface area contributed by atoms with Gasteiger partial charge in [-0.05, 0) is 24.5 Å². The third-order valence-electron chi connectivity index (χ3n) is 4.57. The summed E-state index contributed by atoms with van der Waals surface area (Å²) in [5.74, 6) is 0.114. The summed E-state index contributed by atoms with van der Waals surface area (Å²) in [5, 5.41) is 1.21. The van der Waals surface area contributed by atoms with Crippen molar-refractivity contribution in [2.45, 2.75) is 19.3 Å². The van der Waals surface area contributed by atoms with Gasteiger partial charge in [0.05, 0.1) is 6.26 Å². The Morgan fingerprint density at radius 3 is 2.58 bits per heavy atom. The van der Waals surface area contributed by atoms with Gasteiger partial charge in [0.2, 0.25) is 15.9 Å². The van der Waals surface area contributed by atoms with Crippen LogP contribution in [0.2, 0.25) is 0 Å². The minimum atomic E-state index is -3.15. The standard InChI is InChI=1S/C17H23N3O3S/c1-24(22,23)20-11-9-19(10-12-20)17(21)8-4-5-14-13-18-16-7-3-2-6-15(14)16/h2-3,6-7,13,18H,4-5,8-12H2,1H3. The number of fused-ring (bicyclic) bond motifs is 1. The van der Waals surface area contributed by atoms with Crippen LogP contribution < -0.4 is 0 Å². The fourth-order valence-corrected chi connectivity index (χ4v) is 4.02. The Labute approximate surface area is 142 Å². The van der Waals surface area contributed by atoms with Crippen molar-refractivity contribution in [2.75, 3.05) is 32.4 Å². The number of benzene rings is 1. The maximum Gasteiger partial charge on any atom is 0.222 e. The van der Waals surface area contributed by atoms with Crippen LogP contribution in [0.15, 0.2) is 30.5 Å². The molecule has 0 aliphatic carbocycles. The monoisotopic (exact) mass is 349 g/mol. The average Bonchev–Trinajstić information content (AvgIpc) is 2.97. The number of nitrogens with zero attached hydrogens (tertiary/aromatic N) is 2. The molecule has 1 fully saturated rings. The van der Waals surface area contributed by atoms with Crippen LogP contribution in [0.5, 0.6) is 0 Å². The zero-order chi connectivity index (χ0) is 17.2. The molecule has 0 saturated carbocycles. The van der Waals surface area contributed by atoms with Crippen LogP contribution in [0.1, 0.15) is 18.4 Å². The molecule has 1 aliphatic heterocycles. The van der Waals surface area contributed by atoms with Crippen LogP contribution in [0.4, 0.5) is 0 Å². The van der Waals surface area contributed by atoms with Crippen LogP contribution in [0.25, 0.3) is 10.9 Å². The van der Waals surface area contributed by atoms with E-state index in [0.717, 1.165) is 18.4 Å². The quantitative estimate of drug-likeness (QED) is 0.891. The second kappa shape index (κ2) is 6.94. The number of carbonyl (C=O) groups is 1. The van der Waals surface area contributed by atoms with Crippen molar-refractivity contribution in [2.24, 2.45) is 0 Å². The van der Waals surface area contributed by atoms with Gasteiger partial charge in [0.25, 0.3) is 0 Å². The van der Waals surface area contributed by atoms with E-state index in [-0.39, 0.29) is 5.91 Å². The van der Waals surface area contributed by atoms with E-state index >= 15 is 0 Å². The van der Waals surface area contributed by atoms with Crippen LogP contribution in [0.3, 0.4) is 0 Å². The third-order valence-corrected chi connectivity index (χ3v) is 5.88. The molecule has 7 heteroatoms. The first kappa shape index (κ1) is 17.0. The Bertz CT molecular complexity index is 820. The van der Waals surface area contributed by atoms with Gasteiger partial charge in [-0.3, -0.25) is 4.79 Å². The lowest BCUT2D eigenvalue weighted by Crippen LogP contribution is -2.50. The van der Waals surface area contributed by atoms with Gasteiger partial charge < -0.3 is 9.88 Å². The molecule has 3 rings (SSSR count). The van der Waals surface area contributed by atoms with E-state index in [4.69, 9.17) is 0 Å². The fraction of sp³-hybridized carbons (Fsp3) is 0.471. The molecule has 1 saturated heterocycles. The molecular weight excluding hydrogens is 326 g/mol. The molecular formula is C17H23N3O3S. The zero-order valence-corrected chi connectivity index (χ0v) is 14.7. The van der Waals surface area contributed by atoms with Gasteiger partial charge in [-0.2, -0.15) is 4.31 Å². The van der Waals surface area contributed by atoms with Crippen molar-refractivity contribution in [3.63, 3.8) is 0 Å². The van der Waals surface area contributed by atoms with Gasteiger partial charge in [-0.1, -0.05) is 18.2 Å². The first-order valence-electron chi connectivity index (χ1n) is 8.23. The molecule has 6 nitrogen and oxygen atoms in total. The summed E-state index contributed by atoms with van der Waals surface area (Å²) in [6.07, 6.45) is 5.39. The Morgan fingerprint density at radius 2 is 1.88 bits per heavy atom. The fourth-order valence-electron chi connectivity index (χ4n) is 3.20. The molecule has 2 aromatic rings. The smallest absolute Gasteiger partial charge is 0.222 e. The Hall–Kier alpha value is -1.86. The molecule has 1 amide bonds. The van der Waals surface area contributed by atoms with E-state index in [9.17, 15) is 13.2 Å². The van der Waals surface area contributed by atoms with Crippen molar-refractivity contribution in [3.8, 4) is 0 Å². The number of para-hydroxylation sites is 1. The second-order valence-electron chi connectivity index (χ2n) is 6.26. The molecule has 130 valence electrons. The summed E-state index contributed by atoms with van der Waals surface area (Å²) >= 11 is 0. The number of aromatic nitrogens is 1. The summed E-state index contributed by atoms with van der Waals surface area (Å²) in [6.45, 7) is 1.76. The molecule has 0 atom stereocenters. The molecule has 1 N–H and O–H groups in total. The number of amides is 1. The number of aromatic amines is 1. The van der Waals surface area contributed by atoms with Crippen LogP contribution in [-0.2, 0) is 21.2 Å². The lowest BCUT2D eigenvalue weighted by Gasteiger charge is -2.33. The number of aryl methyl sites for hydroxylation is 1. The molecule has 1 aromatic carbocycles. The van der Waals surface area contributed by atoms with Crippen molar-refractivity contribution in [1.82, 2.24) is 14.2 Å². The molecule has 24 heavy (non-hydrogen) atoms. The molecule has 1 aliphatic rings. The van der Waals surface area contributed by atoms with Crippen LogP contribution in [0, 0.1) is 0 Å². The number of carbonyl (C=O) groups excluding carboxylic acids is 1. The number of nitrogens with one attached hydrogen (secondary N) is 1. The number of hydrogen-bond acceptors (Lipinski definition) is 3. The summed E-state index contributed by atoms with van der Waals surface area (Å²) in [7, 11) is -3.15. The minimum absolute atomic E-state index is 0.114. The molecule has 0 radical (unpaired) electrons. The third kappa shape index (κ3) is 3.79. The van der Waals surface area contributed by atoms with Gasteiger partial charge >= 0.3 is 0 Å². The van der Waals surface area contributed by atoms with Crippen molar-refractivity contribution in [3.05, 3.63) is 36.0 Å². The predicted octanol–water partition coefficient (Wildman–Crippen LogP) is 1.59. The lowest BCUT2D eigenvalue weighted by molar-refractivity contribution is -0.132. The highest BCUT2D eigenvalue weighted by Gasteiger charge is 2.25. The maximum absolute atomic E-state index is 12.3. The Kier molecular flexibility index (Phi) is 4.91. The summed E-state index contributed by atoms with van der Waals surface area (Å²) in [4.78, 5) is 17.3. The normalized spacial score (nSPS) is 16.6. The first-order chi connectivity index (χ1) is 11.4. The summed E-state index contributed by atoms with van der Waals surface area (Å²) in [5.41, 5.74) is 2.36. The molecule has 0 unspecified atom stereocenters. The zero-order valence-electron chi connectivity index (χ0n) is 13.9. The first-order valence-corrected chi connectivity index (χ1v) is 10.1. The number of piperazine rings is 1. The van der Waals surface area contributed by atoms with E-state index in [1.807, 2.05) is 24.4 Å².